The maximum absolute atomic E-state index is 12.6. The second-order valence-corrected chi connectivity index (χ2v) is 2.01. The molecule has 0 radical (unpaired) electrons. The summed E-state index contributed by atoms with van der Waals surface area (Å²) in [6, 6.07) is 5.31. The molecular formula is C7H8ClF2NO. The highest BCUT2D eigenvalue weighted by Gasteiger charge is 2.11. The van der Waals surface area contributed by atoms with Gasteiger partial charge in [0.2, 0.25) is 6.30 Å². The molecule has 1 aromatic rings. The van der Waals surface area contributed by atoms with Crippen LogP contribution in [0.15, 0.2) is 24.3 Å². The second-order valence-electron chi connectivity index (χ2n) is 2.01. The van der Waals surface area contributed by atoms with Crippen LogP contribution < -0.4 is 5.48 Å². The van der Waals surface area contributed by atoms with Crippen LogP contribution in [0.5, 0.6) is 0 Å². The van der Waals surface area contributed by atoms with Gasteiger partial charge in [0.25, 0.3) is 0 Å². The van der Waals surface area contributed by atoms with Crippen LogP contribution in [0, 0.1) is 5.82 Å². The van der Waals surface area contributed by atoms with Gasteiger partial charge in [-0.1, -0.05) is 18.2 Å². The largest absolute Gasteiger partial charge is 0.314 e. The van der Waals surface area contributed by atoms with E-state index in [9.17, 15) is 8.78 Å². The third kappa shape index (κ3) is 2.41. The number of rotatable bonds is 2. The van der Waals surface area contributed by atoms with E-state index in [-0.39, 0.29) is 18.0 Å². The SMILES string of the molecule is Cl.ONC(F)c1ccccc1F. The van der Waals surface area contributed by atoms with Crippen molar-refractivity contribution < 1.29 is 14.0 Å². The topological polar surface area (TPSA) is 32.3 Å². The van der Waals surface area contributed by atoms with E-state index in [1.807, 2.05) is 0 Å². The zero-order chi connectivity index (χ0) is 8.27. The van der Waals surface area contributed by atoms with Crippen molar-refractivity contribution in [1.82, 2.24) is 5.48 Å². The Labute approximate surface area is 74.6 Å². The van der Waals surface area contributed by atoms with Crippen molar-refractivity contribution in [3.05, 3.63) is 35.6 Å². The summed E-state index contributed by atoms with van der Waals surface area (Å²) in [5.74, 6) is -0.679. The molecule has 68 valence electrons. The molecule has 5 heteroatoms. The van der Waals surface area contributed by atoms with Crippen molar-refractivity contribution in [2.75, 3.05) is 0 Å². The summed E-state index contributed by atoms with van der Waals surface area (Å²) in [4.78, 5) is 0. The number of benzene rings is 1. The standard InChI is InChI=1S/C7H7F2NO.ClH/c8-6-4-2-1-3-5(6)7(9)10-11;/h1-4,7,10-11H;1H. The Hall–Kier alpha value is -0.710. The van der Waals surface area contributed by atoms with Crippen molar-refractivity contribution in [3.8, 4) is 0 Å². The first kappa shape index (κ1) is 11.3. The molecule has 0 aliphatic rings. The molecule has 0 aliphatic heterocycles. The molecule has 0 spiro atoms. The van der Waals surface area contributed by atoms with E-state index >= 15 is 0 Å². The van der Waals surface area contributed by atoms with Gasteiger partial charge in [-0.3, -0.25) is 0 Å². The van der Waals surface area contributed by atoms with E-state index in [0.29, 0.717) is 0 Å². The smallest absolute Gasteiger partial charge is 0.200 e. The Kier molecular flexibility index (Phi) is 4.73. The van der Waals surface area contributed by atoms with Gasteiger partial charge in [0.1, 0.15) is 5.82 Å². The highest BCUT2D eigenvalue weighted by atomic mass is 35.5. The van der Waals surface area contributed by atoms with Gasteiger partial charge in [0, 0.05) is 5.56 Å². The fraction of sp³-hybridized carbons (Fsp3) is 0.143. The number of alkyl halides is 1. The fourth-order valence-corrected chi connectivity index (χ4v) is 0.750. The van der Waals surface area contributed by atoms with E-state index < -0.39 is 12.1 Å². The first-order chi connectivity index (χ1) is 5.25. The van der Waals surface area contributed by atoms with E-state index in [4.69, 9.17) is 5.21 Å². The molecule has 0 aromatic heterocycles. The molecule has 0 amide bonds. The Balaban J connectivity index is 0.00000121. The van der Waals surface area contributed by atoms with Gasteiger partial charge in [0.05, 0.1) is 0 Å². The molecule has 0 aliphatic carbocycles. The van der Waals surface area contributed by atoms with Gasteiger partial charge in [-0.25, -0.2) is 8.78 Å². The van der Waals surface area contributed by atoms with E-state index in [1.54, 1.807) is 0 Å². The lowest BCUT2D eigenvalue weighted by molar-refractivity contribution is 0.0571. The third-order valence-corrected chi connectivity index (χ3v) is 1.29. The minimum absolute atomic E-state index is 0. The summed E-state index contributed by atoms with van der Waals surface area (Å²) in [5.41, 5.74) is 1.12. The third-order valence-electron chi connectivity index (χ3n) is 1.29. The highest BCUT2D eigenvalue weighted by molar-refractivity contribution is 5.85. The quantitative estimate of drug-likeness (QED) is 0.560. The zero-order valence-electron chi connectivity index (χ0n) is 6.00. The lowest BCUT2D eigenvalue weighted by atomic mass is 10.2. The lowest BCUT2D eigenvalue weighted by Gasteiger charge is -2.05. The first-order valence-electron chi connectivity index (χ1n) is 3.04. The molecule has 1 aromatic carbocycles. The monoisotopic (exact) mass is 195 g/mol. The van der Waals surface area contributed by atoms with Gasteiger partial charge in [-0.2, -0.15) is 5.48 Å². The predicted octanol–water partition coefficient (Wildman–Crippen LogP) is 2.19. The van der Waals surface area contributed by atoms with E-state index in [2.05, 4.69) is 0 Å². The maximum Gasteiger partial charge on any atom is 0.200 e. The molecular weight excluding hydrogens is 188 g/mol. The fourth-order valence-electron chi connectivity index (χ4n) is 0.750. The average molecular weight is 196 g/mol. The van der Waals surface area contributed by atoms with Gasteiger partial charge in [0.15, 0.2) is 0 Å². The van der Waals surface area contributed by atoms with Crippen molar-refractivity contribution in [2.24, 2.45) is 0 Å². The Morgan fingerprint density at radius 2 is 1.92 bits per heavy atom. The number of halogens is 3. The summed E-state index contributed by atoms with van der Waals surface area (Å²) < 4.78 is 25.2. The maximum atomic E-state index is 12.6. The van der Waals surface area contributed by atoms with Gasteiger partial charge >= 0.3 is 0 Å². The molecule has 2 nitrogen and oxygen atoms in total. The molecule has 12 heavy (non-hydrogen) atoms. The van der Waals surface area contributed by atoms with Crippen molar-refractivity contribution in [2.45, 2.75) is 6.30 Å². The van der Waals surface area contributed by atoms with Crippen LogP contribution in [-0.4, -0.2) is 5.21 Å². The van der Waals surface area contributed by atoms with E-state index in [1.165, 1.54) is 23.7 Å². The van der Waals surface area contributed by atoms with Crippen LogP contribution >= 0.6 is 12.4 Å². The number of hydrogen-bond donors (Lipinski definition) is 2. The molecule has 2 N–H and O–H groups in total. The summed E-state index contributed by atoms with van der Waals surface area (Å²) in [5, 5.41) is 8.12. The average Bonchev–Trinajstić information content (AvgIpc) is 2.04. The van der Waals surface area contributed by atoms with Gasteiger partial charge in [-0.05, 0) is 6.07 Å². The highest BCUT2D eigenvalue weighted by Crippen LogP contribution is 2.16. The Morgan fingerprint density at radius 3 is 2.42 bits per heavy atom. The molecule has 0 saturated heterocycles. The summed E-state index contributed by atoms with van der Waals surface area (Å²) >= 11 is 0. The Morgan fingerprint density at radius 1 is 1.33 bits per heavy atom. The zero-order valence-corrected chi connectivity index (χ0v) is 6.81. The van der Waals surface area contributed by atoms with Crippen LogP contribution in [0.4, 0.5) is 8.78 Å². The van der Waals surface area contributed by atoms with Crippen LogP contribution in [0.3, 0.4) is 0 Å². The molecule has 1 unspecified atom stereocenters. The molecule has 1 rings (SSSR count). The predicted molar refractivity (Wildman–Crippen MR) is 42.4 cm³/mol. The van der Waals surface area contributed by atoms with E-state index in [0.717, 1.165) is 6.07 Å². The molecule has 0 fully saturated rings. The minimum Gasteiger partial charge on any atom is -0.314 e. The second kappa shape index (κ2) is 5.03. The van der Waals surface area contributed by atoms with Crippen LogP contribution in [0.2, 0.25) is 0 Å². The van der Waals surface area contributed by atoms with Gasteiger partial charge < -0.3 is 5.21 Å². The number of hydrogen-bond acceptors (Lipinski definition) is 2. The van der Waals surface area contributed by atoms with Gasteiger partial charge in [-0.15, -0.1) is 12.4 Å². The van der Waals surface area contributed by atoms with Crippen LogP contribution in [-0.2, 0) is 0 Å². The van der Waals surface area contributed by atoms with Crippen LogP contribution in [0.25, 0.3) is 0 Å². The molecule has 0 heterocycles. The minimum atomic E-state index is -1.86. The normalized spacial score (nSPS) is 11.9. The Bertz CT molecular complexity index is 247. The summed E-state index contributed by atoms with van der Waals surface area (Å²) in [6.45, 7) is 0. The molecule has 0 bridgehead atoms. The summed E-state index contributed by atoms with van der Waals surface area (Å²) in [6.07, 6.45) is -1.86. The number of nitrogens with one attached hydrogen (secondary N) is 1. The van der Waals surface area contributed by atoms with Crippen molar-refractivity contribution in [1.29, 1.82) is 0 Å². The summed E-state index contributed by atoms with van der Waals surface area (Å²) in [7, 11) is 0. The lowest BCUT2D eigenvalue weighted by Crippen LogP contribution is -2.13. The molecule has 1 atom stereocenters. The number of hydroxylamine groups is 1. The first-order valence-corrected chi connectivity index (χ1v) is 3.04. The van der Waals surface area contributed by atoms with Crippen molar-refractivity contribution >= 4 is 12.4 Å². The van der Waals surface area contributed by atoms with Crippen LogP contribution in [0.1, 0.15) is 11.9 Å². The molecule has 0 saturated carbocycles. The van der Waals surface area contributed by atoms with Crippen molar-refractivity contribution in [3.63, 3.8) is 0 Å².